The molecule has 1 aromatic heterocycles. The van der Waals surface area contributed by atoms with Gasteiger partial charge in [0.25, 0.3) is 0 Å². The van der Waals surface area contributed by atoms with Gasteiger partial charge in [0.05, 0.1) is 5.69 Å². The Balaban J connectivity index is 2.37. The summed E-state index contributed by atoms with van der Waals surface area (Å²) in [7, 11) is 0. The van der Waals surface area contributed by atoms with E-state index < -0.39 is 0 Å². The van der Waals surface area contributed by atoms with E-state index in [9.17, 15) is 4.79 Å². The van der Waals surface area contributed by atoms with Gasteiger partial charge in [-0.15, -0.1) is 0 Å². The number of rotatable bonds is 2. The number of amides is 1. The van der Waals surface area contributed by atoms with Crippen LogP contribution in [0.25, 0.3) is 0 Å². The summed E-state index contributed by atoms with van der Waals surface area (Å²) in [6.07, 6.45) is 0.603. The first-order valence-electron chi connectivity index (χ1n) is 5.83. The molecular weight excluding hydrogens is 202 g/mol. The van der Waals surface area contributed by atoms with Gasteiger partial charge < -0.3 is 5.32 Å². The Morgan fingerprint density at radius 2 is 2.12 bits per heavy atom. The summed E-state index contributed by atoms with van der Waals surface area (Å²) in [5, 5.41) is 7.44. The van der Waals surface area contributed by atoms with E-state index >= 15 is 0 Å². The van der Waals surface area contributed by atoms with Crippen molar-refractivity contribution in [3.8, 4) is 0 Å². The molecule has 1 amide bonds. The van der Waals surface area contributed by atoms with Crippen LogP contribution in [-0.2, 0) is 4.79 Å². The molecule has 2 rings (SSSR count). The first kappa shape index (κ1) is 11.2. The highest BCUT2D eigenvalue weighted by molar-refractivity contribution is 5.79. The van der Waals surface area contributed by atoms with E-state index in [1.807, 2.05) is 11.6 Å². The van der Waals surface area contributed by atoms with Crippen LogP contribution < -0.4 is 5.32 Å². The molecule has 0 aromatic carbocycles. The molecule has 1 fully saturated rings. The zero-order valence-electron chi connectivity index (χ0n) is 10.4. The molecule has 0 bridgehead atoms. The third kappa shape index (κ3) is 1.72. The van der Waals surface area contributed by atoms with Crippen molar-refractivity contribution in [3.05, 3.63) is 17.0 Å². The number of aromatic nitrogens is 2. The van der Waals surface area contributed by atoms with Crippen LogP contribution in [0.2, 0.25) is 0 Å². The second-order valence-electron chi connectivity index (χ2n) is 4.83. The third-order valence-electron chi connectivity index (χ3n) is 3.26. The molecule has 1 unspecified atom stereocenters. The van der Waals surface area contributed by atoms with E-state index in [0.29, 0.717) is 18.4 Å². The topological polar surface area (TPSA) is 46.9 Å². The minimum Gasteiger partial charge on any atom is -0.355 e. The highest BCUT2D eigenvalue weighted by Crippen LogP contribution is 2.29. The Hall–Kier alpha value is -1.32. The number of hydrogen-bond acceptors (Lipinski definition) is 2. The molecule has 4 nitrogen and oxygen atoms in total. The highest BCUT2D eigenvalue weighted by Gasteiger charge is 2.28. The summed E-state index contributed by atoms with van der Waals surface area (Å²) in [5.74, 6) is 0.459. The van der Waals surface area contributed by atoms with Crippen molar-refractivity contribution in [1.29, 1.82) is 0 Å². The first-order valence-corrected chi connectivity index (χ1v) is 5.83. The van der Waals surface area contributed by atoms with E-state index in [4.69, 9.17) is 0 Å². The summed E-state index contributed by atoms with van der Waals surface area (Å²) < 4.78 is 2.05. The van der Waals surface area contributed by atoms with Crippen LogP contribution in [0.15, 0.2) is 0 Å². The summed E-state index contributed by atoms with van der Waals surface area (Å²) in [6, 6.07) is 0.373. The van der Waals surface area contributed by atoms with Crippen molar-refractivity contribution in [2.45, 2.75) is 46.1 Å². The monoisotopic (exact) mass is 221 g/mol. The maximum absolute atomic E-state index is 11.3. The lowest BCUT2D eigenvalue weighted by Gasteiger charge is -2.11. The molecule has 88 valence electrons. The maximum Gasteiger partial charge on any atom is 0.220 e. The van der Waals surface area contributed by atoms with E-state index in [1.54, 1.807) is 0 Å². The highest BCUT2D eigenvalue weighted by atomic mass is 16.1. The second-order valence-corrected chi connectivity index (χ2v) is 4.83. The van der Waals surface area contributed by atoms with Crippen LogP contribution in [0, 0.1) is 13.8 Å². The van der Waals surface area contributed by atoms with Crippen molar-refractivity contribution < 1.29 is 4.79 Å². The lowest BCUT2D eigenvalue weighted by atomic mass is 9.96. The van der Waals surface area contributed by atoms with Crippen LogP contribution in [-0.4, -0.2) is 22.2 Å². The number of hydrogen-bond donors (Lipinski definition) is 1. The summed E-state index contributed by atoms with van der Waals surface area (Å²) in [6.45, 7) is 9.13. The standard InChI is InChI=1S/C12H19N3O/c1-7(2)15-9(4)12(8(3)14-15)10-5-11(16)13-6-10/h7,10H,5-6H2,1-4H3,(H,13,16). The molecule has 0 radical (unpaired) electrons. The SMILES string of the molecule is Cc1nn(C(C)C)c(C)c1C1CNC(=O)C1. The molecule has 2 heterocycles. The summed E-state index contributed by atoms with van der Waals surface area (Å²) in [5.41, 5.74) is 3.52. The fourth-order valence-corrected chi connectivity index (χ4v) is 2.58. The van der Waals surface area contributed by atoms with E-state index in [-0.39, 0.29) is 5.91 Å². The van der Waals surface area contributed by atoms with Crippen molar-refractivity contribution in [1.82, 2.24) is 15.1 Å². The van der Waals surface area contributed by atoms with E-state index in [1.165, 1.54) is 11.3 Å². The average Bonchev–Trinajstić information content (AvgIpc) is 2.71. The molecule has 0 saturated carbocycles. The van der Waals surface area contributed by atoms with Gasteiger partial charge in [-0.25, -0.2) is 0 Å². The fourth-order valence-electron chi connectivity index (χ4n) is 2.58. The van der Waals surface area contributed by atoms with Gasteiger partial charge in [0, 0.05) is 36.2 Å². The zero-order valence-corrected chi connectivity index (χ0v) is 10.4. The second kappa shape index (κ2) is 3.92. The van der Waals surface area contributed by atoms with Gasteiger partial charge in [0.1, 0.15) is 0 Å². The number of nitrogens with zero attached hydrogens (tertiary/aromatic N) is 2. The quantitative estimate of drug-likeness (QED) is 0.826. The number of nitrogens with one attached hydrogen (secondary N) is 1. The molecule has 1 aliphatic heterocycles. The largest absolute Gasteiger partial charge is 0.355 e. The third-order valence-corrected chi connectivity index (χ3v) is 3.26. The number of carbonyl (C=O) groups is 1. The normalized spacial score (nSPS) is 20.6. The Labute approximate surface area is 96.0 Å². The lowest BCUT2D eigenvalue weighted by Crippen LogP contribution is -2.13. The van der Waals surface area contributed by atoms with Crippen LogP contribution in [0.4, 0.5) is 0 Å². The molecule has 1 aromatic rings. The van der Waals surface area contributed by atoms with Gasteiger partial charge in [-0.1, -0.05) is 0 Å². The summed E-state index contributed by atoms with van der Waals surface area (Å²) in [4.78, 5) is 11.3. The molecule has 16 heavy (non-hydrogen) atoms. The Morgan fingerprint density at radius 3 is 2.56 bits per heavy atom. The van der Waals surface area contributed by atoms with Crippen LogP contribution >= 0.6 is 0 Å². The van der Waals surface area contributed by atoms with Crippen molar-refractivity contribution in [2.24, 2.45) is 0 Å². The lowest BCUT2D eigenvalue weighted by molar-refractivity contribution is -0.119. The van der Waals surface area contributed by atoms with Crippen molar-refractivity contribution in [2.75, 3.05) is 6.54 Å². The maximum atomic E-state index is 11.3. The van der Waals surface area contributed by atoms with Crippen molar-refractivity contribution >= 4 is 5.91 Å². The molecule has 0 spiro atoms. The Kier molecular flexibility index (Phi) is 2.74. The number of carbonyl (C=O) groups excluding carboxylic acids is 1. The molecule has 1 N–H and O–H groups in total. The molecule has 1 aliphatic rings. The Morgan fingerprint density at radius 1 is 1.44 bits per heavy atom. The molecular formula is C12H19N3O. The van der Waals surface area contributed by atoms with Gasteiger partial charge in [0.2, 0.25) is 5.91 Å². The minimum absolute atomic E-state index is 0.154. The smallest absolute Gasteiger partial charge is 0.220 e. The van der Waals surface area contributed by atoms with E-state index in [0.717, 1.165) is 12.2 Å². The van der Waals surface area contributed by atoms with Crippen LogP contribution in [0.1, 0.15) is 49.2 Å². The minimum atomic E-state index is 0.154. The predicted octanol–water partition coefficient (Wildman–Crippen LogP) is 1.68. The van der Waals surface area contributed by atoms with Crippen LogP contribution in [0.3, 0.4) is 0 Å². The predicted molar refractivity (Wildman–Crippen MR) is 62.5 cm³/mol. The van der Waals surface area contributed by atoms with Gasteiger partial charge in [-0.2, -0.15) is 5.10 Å². The average molecular weight is 221 g/mol. The van der Waals surface area contributed by atoms with Gasteiger partial charge >= 0.3 is 0 Å². The summed E-state index contributed by atoms with van der Waals surface area (Å²) >= 11 is 0. The van der Waals surface area contributed by atoms with Gasteiger partial charge in [-0.3, -0.25) is 9.48 Å². The molecule has 1 saturated heterocycles. The molecule has 4 heteroatoms. The first-order chi connectivity index (χ1) is 7.50. The van der Waals surface area contributed by atoms with E-state index in [2.05, 4.69) is 31.2 Å². The van der Waals surface area contributed by atoms with Crippen LogP contribution in [0.5, 0.6) is 0 Å². The molecule has 0 aliphatic carbocycles. The van der Waals surface area contributed by atoms with Gasteiger partial charge in [0.15, 0.2) is 0 Å². The number of aryl methyl sites for hydroxylation is 1. The van der Waals surface area contributed by atoms with Gasteiger partial charge in [-0.05, 0) is 27.7 Å². The Bertz CT molecular complexity index is 420. The zero-order chi connectivity index (χ0) is 11.9. The van der Waals surface area contributed by atoms with Crippen molar-refractivity contribution in [3.63, 3.8) is 0 Å². The molecule has 1 atom stereocenters. The fraction of sp³-hybridized carbons (Fsp3) is 0.667.